The third-order valence-electron chi connectivity index (χ3n) is 3.83. The van der Waals surface area contributed by atoms with Crippen molar-refractivity contribution in [2.24, 2.45) is 0 Å². The molecule has 0 spiro atoms. The van der Waals surface area contributed by atoms with Crippen LogP contribution in [0.5, 0.6) is 0 Å². The van der Waals surface area contributed by atoms with Crippen LogP contribution in [0.2, 0.25) is 0 Å². The van der Waals surface area contributed by atoms with Gasteiger partial charge in [-0.1, -0.05) is 42.5 Å². The minimum absolute atomic E-state index is 0.125. The first kappa shape index (κ1) is 21.0. The summed E-state index contributed by atoms with van der Waals surface area (Å²) < 4.78 is 46.5. The van der Waals surface area contributed by atoms with Crippen LogP contribution in [-0.2, 0) is 26.0 Å². The Hall–Kier alpha value is -2.29. The molecule has 0 fully saturated rings. The number of nitrogens with one attached hydrogen (secondary N) is 2. The van der Waals surface area contributed by atoms with Gasteiger partial charge < -0.3 is 10.1 Å². The second-order valence-corrected chi connectivity index (χ2v) is 7.84. The summed E-state index contributed by atoms with van der Waals surface area (Å²) in [7, 11) is -2.72. The highest BCUT2D eigenvalue weighted by atomic mass is 32.2. The van der Waals surface area contributed by atoms with E-state index in [4.69, 9.17) is 4.74 Å². The Morgan fingerprint density at radius 1 is 1.11 bits per heavy atom. The molecule has 0 aliphatic rings. The number of ether oxygens (including phenoxy) is 1. The van der Waals surface area contributed by atoms with Crippen LogP contribution in [0.3, 0.4) is 0 Å². The molecule has 8 heteroatoms. The molecule has 27 heavy (non-hydrogen) atoms. The highest BCUT2D eigenvalue weighted by Crippen LogP contribution is 2.15. The zero-order valence-corrected chi connectivity index (χ0v) is 16.0. The van der Waals surface area contributed by atoms with Crippen LogP contribution >= 0.6 is 0 Å². The van der Waals surface area contributed by atoms with E-state index in [0.29, 0.717) is 0 Å². The van der Waals surface area contributed by atoms with Crippen LogP contribution in [0.1, 0.15) is 12.5 Å². The van der Waals surface area contributed by atoms with E-state index in [1.165, 1.54) is 19.2 Å². The minimum atomic E-state index is -4.22. The number of carbonyl (C=O) groups excluding carboxylic acids is 1. The molecular weight excluding hydrogens is 371 g/mol. The largest absolute Gasteiger partial charge is 0.383 e. The molecule has 2 atom stereocenters. The van der Waals surface area contributed by atoms with Gasteiger partial charge in [0.25, 0.3) is 0 Å². The summed E-state index contributed by atoms with van der Waals surface area (Å²) in [6.07, 6.45) is 0.125. The van der Waals surface area contributed by atoms with Crippen LogP contribution in [0, 0.1) is 5.82 Å². The summed E-state index contributed by atoms with van der Waals surface area (Å²) in [6, 6.07) is 12.6. The Balaban J connectivity index is 2.26. The number of rotatable bonds is 9. The first-order valence-electron chi connectivity index (χ1n) is 8.43. The summed E-state index contributed by atoms with van der Waals surface area (Å²) >= 11 is 0. The predicted molar refractivity (Wildman–Crippen MR) is 100 cm³/mol. The average Bonchev–Trinajstić information content (AvgIpc) is 2.62. The highest BCUT2D eigenvalue weighted by molar-refractivity contribution is 7.89. The Morgan fingerprint density at radius 3 is 2.37 bits per heavy atom. The van der Waals surface area contributed by atoms with Crippen molar-refractivity contribution in [1.29, 1.82) is 0 Å². The van der Waals surface area contributed by atoms with Gasteiger partial charge in [-0.2, -0.15) is 4.72 Å². The smallest absolute Gasteiger partial charge is 0.244 e. The molecule has 6 nitrogen and oxygen atoms in total. The number of hydrogen-bond acceptors (Lipinski definition) is 4. The fraction of sp³-hybridized carbons (Fsp3) is 0.316. The lowest BCUT2D eigenvalue weighted by atomic mass is 10.1. The van der Waals surface area contributed by atoms with Gasteiger partial charge in [0.2, 0.25) is 15.9 Å². The van der Waals surface area contributed by atoms with Crippen LogP contribution in [0.25, 0.3) is 0 Å². The van der Waals surface area contributed by atoms with Crippen molar-refractivity contribution in [3.63, 3.8) is 0 Å². The molecule has 0 saturated heterocycles. The first-order chi connectivity index (χ1) is 12.8. The van der Waals surface area contributed by atoms with Gasteiger partial charge >= 0.3 is 0 Å². The maximum Gasteiger partial charge on any atom is 0.244 e. The van der Waals surface area contributed by atoms with E-state index in [0.717, 1.165) is 17.7 Å². The van der Waals surface area contributed by atoms with Gasteiger partial charge in [-0.25, -0.2) is 12.8 Å². The molecule has 0 heterocycles. The van der Waals surface area contributed by atoms with Gasteiger partial charge in [0.15, 0.2) is 0 Å². The van der Waals surface area contributed by atoms with Gasteiger partial charge in [0, 0.05) is 13.2 Å². The second kappa shape index (κ2) is 9.59. The van der Waals surface area contributed by atoms with Crippen molar-refractivity contribution >= 4 is 15.9 Å². The molecule has 0 aliphatic carbocycles. The van der Waals surface area contributed by atoms with Crippen LogP contribution in [0.4, 0.5) is 4.39 Å². The number of amides is 1. The van der Waals surface area contributed by atoms with Crippen LogP contribution < -0.4 is 10.0 Å². The van der Waals surface area contributed by atoms with Crippen molar-refractivity contribution in [3.05, 3.63) is 66.0 Å². The van der Waals surface area contributed by atoms with Crippen molar-refractivity contribution in [1.82, 2.24) is 10.0 Å². The fourth-order valence-electron chi connectivity index (χ4n) is 2.59. The third-order valence-corrected chi connectivity index (χ3v) is 5.33. The minimum Gasteiger partial charge on any atom is -0.383 e. The number of methoxy groups -OCH3 is 1. The lowest BCUT2D eigenvalue weighted by Crippen LogP contribution is -2.50. The number of sulfonamides is 1. The average molecular weight is 394 g/mol. The molecule has 146 valence electrons. The quantitative estimate of drug-likeness (QED) is 0.680. The molecule has 0 bridgehead atoms. The van der Waals surface area contributed by atoms with E-state index in [-0.39, 0.29) is 19.1 Å². The van der Waals surface area contributed by atoms with Crippen molar-refractivity contribution < 1.29 is 22.3 Å². The van der Waals surface area contributed by atoms with Crippen molar-refractivity contribution in [3.8, 4) is 0 Å². The molecule has 0 aliphatic heterocycles. The van der Waals surface area contributed by atoms with E-state index in [2.05, 4.69) is 10.0 Å². The van der Waals surface area contributed by atoms with Gasteiger partial charge in [-0.15, -0.1) is 0 Å². The van der Waals surface area contributed by atoms with Gasteiger partial charge in [0.05, 0.1) is 6.61 Å². The topological polar surface area (TPSA) is 84.5 Å². The van der Waals surface area contributed by atoms with Gasteiger partial charge in [-0.3, -0.25) is 4.79 Å². The summed E-state index contributed by atoms with van der Waals surface area (Å²) in [4.78, 5) is 12.1. The zero-order chi connectivity index (χ0) is 19.9. The summed E-state index contributed by atoms with van der Waals surface area (Å²) in [6.45, 7) is 2.02. The molecule has 1 amide bonds. The van der Waals surface area contributed by atoms with Gasteiger partial charge in [-0.05, 0) is 31.0 Å². The third kappa shape index (κ3) is 6.13. The molecule has 2 aromatic carbocycles. The predicted octanol–water partition coefficient (Wildman–Crippen LogP) is 1.87. The number of benzene rings is 2. The lowest BCUT2D eigenvalue weighted by Gasteiger charge is -2.21. The standard InChI is InChI=1S/C19H23FN2O4S/c1-14(13-26-2)21-19(23)17(12-15-8-4-3-5-9-15)22-27(24,25)18-11-7-6-10-16(18)20/h3-11,14,17,22H,12-13H2,1-2H3,(H,21,23)/t14-,17+/m0/s1. The van der Waals surface area contributed by atoms with Gasteiger partial charge in [0.1, 0.15) is 16.8 Å². The summed E-state index contributed by atoms with van der Waals surface area (Å²) in [5, 5.41) is 2.71. The Morgan fingerprint density at radius 2 is 1.74 bits per heavy atom. The van der Waals surface area contributed by atoms with E-state index in [1.54, 1.807) is 31.2 Å². The summed E-state index contributed by atoms with van der Waals surface area (Å²) in [5.74, 6) is -1.39. The maximum absolute atomic E-state index is 13.9. The molecule has 0 radical (unpaired) electrons. The Kier molecular flexibility index (Phi) is 7.46. The molecular formula is C19H23FN2O4S. The van der Waals surface area contributed by atoms with Crippen LogP contribution in [0.15, 0.2) is 59.5 Å². The molecule has 2 N–H and O–H groups in total. The number of halogens is 1. The van der Waals surface area contributed by atoms with Crippen molar-refractivity contribution in [2.45, 2.75) is 30.3 Å². The molecule has 0 aromatic heterocycles. The van der Waals surface area contributed by atoms with E-state index in [9.17, 15) is 17.6 Å². The van der Waals surface area contributed by atoms with Crippen molar-refractivity contribution in [2.75, 3.05) is 13.7 Å². The van der Waals surface area contributed by atoms with Crippen LogP contribution in [-0.4, -0.2) is 40.1 Å². The SMILES string of the molecule is COC[C@H](C)NC(=O)[C@@H](Cc1ccccc1)NS(=O)(=O)c1ccccc1F. The fourth-order valence-corrected chi connectivity index (χ4v) is 3.86. The monoisotopic (exact) mass is 394 g/mol. The summed E-state index contributed by atoms with van der Waals surface area (Å²) in [5.41, 5.74) is 0.772. The Bertz CT molecular complexity index is 859. The highest BCUT2D eigenvalue weighted by Gasteiger charge is 2.28. The first-order valence-corrected chi connectivity index (χ1v) is 9.92. The normalized spacial score (nSPS) is 13.7. The maximum atomic E-state index is 13.9. The molecule has 2 rings (SSSR count). The molecule has 0 unspecified atom stereocenters. The van der Waals surface area contributed by atoms with E-state index in [1.807, 2.05) is 6.07 Å². The number of carbonyl (C=O) groups is 1. The zero-order valence-electron chi connectivity index (χ0n) is 15.2. The molecule has 2 aromatic rings. The van der Waals surface area contributed by atoms with E-state index < -0.39 is 32.7 Å². The second-order valence-electron chi connectivity index (χ2n) is 6.16. The number of hydrogen-bond donors (Lipinski definition) is 2. The van der Waals surface area contributed by atoms with E-state index >= 15 is 0 Å². The Labute approximate surface area is 158 Å². The lowest BCUT2D eigenvalue weighted by molar-refractivity contribution is -0.123. The molecule has 0 saturated carbocycles.